The summed E-state index contributed by atoms with van der Waals surface area (Å²) in [4.78, 5) is 12.8. The molecule has 0 unspecified atom stereocenters. The molecular weight excluding hydrogens is 293 g/mol. The van der Waals surface area contributed by atoms with Crippen LogP contribution in [0.2, 0.25) is 10.3 Å². The van der Waals surface area contributed by atoms with Gasteiger partial charge in [0.25, 0.3) is 0 Å². The SMILES string of the molecule is Clc1nc(-c2ccccn2)nc(Cl)c1-c1ccccc1. The average molecular weight is 302 g/mol. The van der Waals surface area contributed by atoms with Gasteiger partial charge in [0.1, 0.15) is 16.0 Å². The van der Waals surface area contributed by atoms with Gasteiger partial charge in [0, 0.05) is 6.20 Å². The molecule has 0 spiro atoms. The van der Waals surface area contributed by atoms with E-state index in [2.05, 4.69) is 15.0 Å². The van der Waals surface area contributed by atoms with Crippen molar-refractivity contribution < 1.29 is 0 Å². The summed E-state index contributed by atoms with van der Waals surface area (Å²) in [6, 6.07) is 15.1. The number of aromatic nitrogens is 3. The number of halogens is 2. The molecule has 0 bridgehead atoms. The largest absolute Gasteiger partial charge is 0.253 e. The van der Waals surface area contributed by atoms with E-state index in [-0.39, 0.29) is 0 Å². The number of benzene rings is 1. The topological polar surface area (TPSA) is 38.7 Å². The Morgan fingerprint density at radius 2 is 1.40 bits per heavy atom. The lowest BCUT2D eigenvalue weighted by atomic mass is 10.1. The lowest BCUT2D eigenvalue weighted by molar-refractivity contribution is 1.14. The van der Waals surface area contributed by atoms with Crippen LogP contribution in [0, 0.1) is 0 Å². The third kappa shape index (κ3) is 2.50. The first kappa shape index (κ1) is 13.0. The van der Waals surface area contributed by atoms with E-state index >= 15 is 0 Å². The zero-order chi connectivity index (χ0) is 13.9. The minimum atomic E-state index is 0.317. The standard InChI is InChI=1S/C15H9Cl2N3/c16-13-12(10-6-2-1-3-7-10)14(17)20-15(19-13)11-8-4-5-9-18-11/h1-9H. The Bertz CT molecular complexity index is 708. The highest BCUT2D eigenvalue weighted by Gasteiger charge is 2.14. The van der Waals surface area contributed by atoms with Crippen molar-refractivity contribution >= 4 is 23.2 Å². The van der Waals surface area contributed by atoms with Crippen molar-refractivity contribution in [2.24, 2.45) is 0 Å². The highest BCUT2D eigenvalue weighted by molar-refractivity contribution is 6.37. The second-order valence-corrected chi connectivity index (χ2v) is 4.80. The highest BCUT2D eigenvalue weighted by Crippen LogP contribution is 2.33. The molecule has 3 rings (SSSR count). The van der Waals surface area contributed by atoms with Gasteiger partial charge in [-0.1, -0.05) is 59.6 Å². The smallest absolute Gasteiger partial charge is 0.181 e. The quantitative estimate of drug-likeness (QED) is 0.654. The molecule has 5 heteroatoms. The molecule has 0 radical (unpaired) electrons. The van der Waals surface area contributed by atoms with Gasteiger partial charge >= 0.3 is 0 Å². The minimum Gasteiger partial charge on any atom is -0.253 e. The fourth-order valence-corrected chi connectivity index (χ4v) is 2.47. The first-order valence-electron chi connectivity index (χ1n) is 5.95. The molecule has 2 heterocycles. The summed E-state index contributed by atoms with van der Waals surface area (Å²) in [5.41, 5.74) is 2.15. The van der Waals surface area contributed by atoms with Gasteiger partial charge in [-0.25, -0.2) is 9.97 Å². The number of rotatable bonds is 2. The van der Waals surface area contributed by atoms with Crippen LogP contribution >= 0.6 is 23.2 Å². The first-order valence-corrected chi connectivity index (χ1v) is 6.71. The lowest BCUT2D eigenvalue weighted by Gasteiger charge is -2.08. The van der Waals surface area contributed by atoms with Crippen molar-refractivity contribution in [2.75, 3.05) is 0 Å². The molecule has 0 aliphatic heterocycles. The summed E-state index contributed by atoms with van der Waals surface area (Å²) >= 11 is 12.5. The maximum atomic E-state index is 6.26. The Hall–Kier alpha value is -1.97. The van der Waals surface area contributed by atoms with E-state index in [1.165, 1.54) is 0 Å². The van der Waals surface area contributed by atoms with Crippen LogP contribution in [-0.2, 0) is 0 Å². The van der Waals surface area contributed by atoms with Gasteiger partial charge in [-0.3, -0.25) is 4.98 Å². The fourth-order valence-electron chi connectivity index (χ4n) is 1.86. The predicted octanol–water partition coefficient (Wildman–Crippen LogP) is 4.51. The maximum absolute atomic E-state index is 6.26. The maximum Gasteiger partial charge on any atom is 0.181 e. The van der Waals surface area contributed by atoms with E-state index in [1.54, 1.807) is 6.20 Å². The third-order valence-electron chi connectivity index (χ3n) is 2.78. The van der Waals surface area contributed by atoms with Gasteiger partial charge in [0.2, 0.25) is 0 Å². The highest BCUT2D eigenvalue weighted by atomic mass is 35.5. The molecule has 3 aromatic rings. The van der Waals surface area contributed by atoms with Crippen LogP contribution in [0.4, 0.5) is 0 Å². The Balaban J connectivity index is 2.13. The summed E-state index contributed by atoms with van der Waals surface area (Å²) in [5.74, 6) is 0.417. The Morgan fingerprint density at radius 3 is 2.00 bits per heavy atom. The Labute approximate surface area is 126 Å². The van der Waals surface area contributed by atoms with Crippen molar-refractivity contribution in [1.82, 2.24) is 15.0 Å². The minimum absolute atomic E-state index is 0.317. The van der Waals surface area contributed by atoms with Gasteiger partial charge in [0.15, 0.2) is 5.82 Å². The summed E-state index contributed by atoms with van der Waals surface area (Å²) in [7, 11) is 0. The summed E-state index contributed by atoms with van der Waals surface area (Å²) in [6.45, 7) is 0. The zero-order valence-corrected chi connectivity index (χ0v) is 11.8. The van der Waals surface area contributed by atoms with Crippen LogP contribution in [0.25, 0.3) is 22.6 Å². The normalized spacial score (nSPS) is 10.5. The van der Waals surface area contributed by atoms with Gasteiger partial charge in [-0.2, -0.15) is 0 Å². The molecule has 1 aromatic carbocycles. The van der Waals surface area contributed by atoms with Gasteiger partial charge in [0.05, 0.1) is 5.56 Å². The second kappa shape index (κ2) is 5.57. The Morgan fingerprint density at radius 1 is 0.750 bits per heavy atom. The molecule has 3 nitrogen and oxygen atoms in total. The van der Waals surface area contributed by atoms with Gasteiger partial charge < -0.3 is 0 Å². The van der Waals surface area contributed by atoms with Crippen molar-refractivity contribution in [3.8, 4) is 22.6 Å². The van der Waals surface area contributed by atoms with Crippen LogP contribution < -0.4 is 0 Å². The predicted molar refractivity (Wildman–Crippen MR) is 80.7 cm³/mol. The fraction of sp³-hybridized carbons (Fsp3) is 0. The molecule has 0 saturated heterocycles. The molecule has 2 aromatic heterocycles. The second-order valence-electron chi connectivity index (χ2n) is 4.08. The van der Waals surface area contributed by atoms with Crippen molar-refractivity contribution in [3.05, 3.63) is 65.0 Å². The lowest BCUT2D eigenvalue weighted by Crippen LogP contribution is -1.95. The number of pyridine rings is 1. The summed E-state index contributed by atoms with van der Waals surface area (Å²) in [5, 5.41) is 0.633. The van der Waals surface area contributed by atoms with E-state index in [4.69, 9.17) is 23.2 Å². The molecule has 20 heavy (non-hydrogen) atoms. The van der Waals surface area contributed by atoms with Crippen molar-refractivity contribution in [1.29, 1.82) is 0 Å². The molecule has 98 valence electrons. The summed E-state index contributed by atoms with van der Waals surface area (Å²) in [6.07, 6.45) is 1.67. The van der Waals surface area contributed by atoms with Crippen LogP contribution in [0.5, 0.6) is 0 Å². The van der Waals surface area contributed by atoms with Gasteiger partial charge in [-0.15, -0.1) is 0 Å². The van der Waals surface area contributed by atoms with E-state index in [9.17, 15) is 0 Å². The number of nitrogens with zero attached hydrogens (tertiary/aromatic N) is 3. The average Bonchev–Trinajstić information content (AvgIpc) is 2.48. The molecule has 0 fully saturated rings. The van der Waals surface area contributed by atoms with Crippen LogP contribution in [0.1, 0.15) is 0 Å². The van der Waals surface area contributed by atoms with E-state index < -0.39 is 0 Å². The van der Waals surface area contributed by atoms with Crippen LogP contribution in [0.3, 0.4) is 0 Å². The third-order valence-corrected chi connectivity index (χ3v) is 3.32. The monoisotopic (exact) mass is 301 g/mol. The summed E-state index contributed by atoms with van der Waals surface area (Å²) < 4.78 is 0. The molecule has 0 aliphatic carbocycles. The molecule has 0 amide bonds. The molecular formula is C15H9Cl2N3. The molecule has 0 aliphatic rings. The molecule has 0 saturated carbocycles. The van der Waals surface area contributed by atoms with E-state index in [0.717, 1.165) is 5.56 Å². The Kier molecular flexibility index (Phi) is 3.63. The van der Waals surface area contributed by atoms with Gasteiger partial charge in [-0.05, 0) is 17.7 Å². The molecule has 0 N–H and O–H groups in total. The van der Waals surface area contributed by atoms with Crippen molar-refractivity contribution in [3.63, 3.8) is 0 Å². The zero-order valence-electron chi connectivity index (χ0n) is 10.3. The van der Waals surface area contributed by atoms with Crippen molar-refractivity contribution in [2.45, 2.75) is 0 Å². The van der Waals surface area contributed by atoms with E-state index in [1.807, 2.05) is 48.5 Å². The number of hydrogen-bond donors (Lipinski definition) is 0. The van der Waals surface area contributed by atoms with E-state index in [0.29, 0.717) is 27.4 Å². The first-order chi connectivity index (χ1) is 9.75. The molecule has 0 atom stereocenters. The van der Waals surface area contributed by atoms with Crippen LogP contribution in [0.15, 0.2) is 54.7 Å². The number of hydrogen-bond acceptors (Lipinski definition) is 3. The van der Waals surface area contributed by atoms with Crippen LogP contribution in [-0.4, -0.2) is 15.0 Å².